The molecular weight excluding hydrogens is 1150 g/mol. The van der Waals surface area contributed by atoms with Crippen molar-refractivity contribution in [3.8, 4) is 0 Å². The van der Waals surface area contributed by atoms with Gasteiger partial charge >= 0.3 is 6.03 Å². The van der Waals surface area contributed by atoms with Gasteiger partial charge in [0.25, 0.3) is 0 Å². The monoisotopic (exact) mass is 1250 g/mol. The number of pyridine rings is 1. The van der Waals surface area contributed by atoms with Gasteiger partial charge in [-0.05, 0) is 57.1 Å². The Morgan fingerprint density at radius 2 is 1.05 bits per heavy atom. The summed E-state index contributed by atoms with van der Waals surface area (Å²) in [7, 11) is -2.32. The molecule has 86 heavy (non-hydrogen) atoms. The van der Waals surface area contributed by atoms with Gasteiger partial charge in [0.05, 0.1) is 123 Å². The van der Waals surface area contributed by atoms with Crippen LogP contribution >= 0.6 is 11.8 Å². The molecule has 488 valence electrons. The summed E-state index contributed by atoms with van der Waals surface area (Å²) < 4.78 is 72.3. The lowest BCUT2D eigenvalue weighted by Gasteiger charge is -2.25. The fraction of sp³-hybridized carbons (Fsp3) is 0.746. The van der Waals surface area contributed by atoms with Gasteiger partial charge in [0.1, 0.15) is 0 Å². The van der Waals surface area contributed by atoms with E-state index in [0.717, 1.165) is 68.9 Å². The van der Waals surface area contributed by atoms with Crippen molar-refractivity contribution in [3.63, 3.8) is 0 Å². The Labute approximate surface area is 513 Å². The summed E-state index contributed by atoms with van der Waals surface area (Å²) in [5.74, 6) is 0.550. The number of benzene rings is 1. The quantitative estimate of drug-likeness (QED) is 0.0409. The number of unbranched alkanes of at least 4 members (excludes halogenated alkanes) is 5. The number of hydrogen-bond acceptors (Lipinski definition) is 18. The van der Waals surface area contributed by atoms with E-state index in [9.17, 15) is 37.2 Å². The minimum atomic E-state index is -3.82. The van der Waals surface area contributed by atoms with Gasteiger partial charge in [-0.1, -0.05) is 38.3 Å². The Hall–Kier alpha value is -4.81. The highest BCUT2D eigenvalue weighted by atomic mass is 32.2. The lowest BCUT2D eigenvalue weighted by molar-refractivity contribution is -0.133. The van der Waals surface area contributed by atoms with E-state index in [1.54, 1.807) is 41.6 Å². The van der Waals surface area contributed by atoms with Crippen molar-refractivity contribution in [1.29, 1.82) is 0 Å². The molecule has 4 rings (SSSR count). The van der Waals surface area contributed by atoms with Gasteiger partial charge in [-0.2, -0.15) is 16.1 Å². The third-order valence-corrected chi connectivity index (χ3v) is 17.5. The Kier molecular flexibility index (Phi) is 39.7. The highest BCUT2D eigenvalue weighted by Gasteiger charge is 2.42. The summed E-state index contributed by atoms with van der Waals surface area (Å²) in [5, 5.41) is 19.2. The maximum Gasteiger partial charge on any atom is 0.315 e. The average molecular weight is 1250 g/mol. The first kappa shape index (κ1) is 73.7. The lowest BCUT2D eigenvalue weighted by atomic mass is 10.0. The van der Waals surface area contributed by atoms with E-state index >= 15 is 0 Å². The summed E-state index contributed by atoms with van der Waals surface area (Å²) in [6, 6.07) is 7.10. The number of sulfonamides is 1. The maximum absolute atomic E-state index is 13.4. The van der Waals surface area contributed by atoms with Crippen LogP contribution in [-0.4, -0.2) is 240 Å². The number of likely N-dealkylation sites (N-methyl/N-ethyl adjacent to an activating group) is 1. The van der Waals surface area contributed by atoms with Crippen LogP contribution < -0.4 is 31.9 Å². The molecule has 0 saturated carbocycles. The summed E-state index contributed by atoms with van der Waals surface area (Å²) in [6.07, 6.45) is 13.0. The number of hydrogen-bond donors (Lipinski definition) is 6. The van der Waals surface area contributed by atoms with Crippen LogP contribution in [0.4, 0.5) is 4.79 Å². The number of carbonyl (C=O) groups excluding carboxylic acids is 6. The third kappa shape index (κ3) is 32.4. The van der Waals surface area contributed by atoms with Gasteiger partial charge in [-0.25, -0.2) is 13.2 Å². The molecule has 2 aliphatic rings. The smallest absolute Gasteiger partial charge is 0.315 e. The van der Waals surface area contributed by atoms with Crippen LogP contribution in [0.25, 0.3) is 10.8 Å². The standard InChI is InChI=1S/C59H99N9O16S2/c1-3-27-68(29-28-67(2)86(75,76)52-15-12-13-48-46-60-24-21-49(48)52)57(73)20-19-56(72)64-26-31-78-33-35-80-37-39-82-41-43-84-45-44-83-42-40-81-38-36-79-34-32-77-30-25-63-55(71)17-7-5-11-22-61-53(69)16-6-4-10-23-62-54(70)18-9-8-14-51-58-50(47-85-51)65-59(74)66-58/h12-13,15,21,24,46,50-51,58H,3-11,14,16-20,22-23,25-45,47H2,1-2H3,(H,61,69)(H,62,70)(H,63,71)(H,64,72)(H2,65,66,74)/t50-,51-,58-/m0/s1. The van der Waals surface area contributed by atoms with Gasteiger partial charge < -0.3 is 74.7 Å². The van der Waals surface area contributed by atoms with Crippen molar-refractivity contribution in [2.24, 2.45) is 0 Å². The van der Waals surface area contributed by atoms with E-state index < -0.39 is 10.0 Å². The van der Waals surface area contributed by atoms with E-state index in [1.165, 1.54) is 11.4 Å². The van der Waals surface area contributed by atoms with E-state index in [-0.39, 0.29) is 78.5 Å². The second-order valence-electron chi connectivity index (χ2n) is 20.8. The number of fused-ring (bicyclic) bond motifs is 2. The predicted molar refractivity (Wildman–Crippen MR) is 327 cm³/mol. The first-order chi connectivity index (χ1) is 41.9. The highest BCUT2D eigenvalue weighted by molar-refractivity contribution is 8.00. The molecule has 6 N–H and O–H groups in total. The zero-order valence-electron chi connectivity index (χ0n) is 51.0. The van der Waals surface area contributed by atoms with Crippen LogP contribution in [0.3, 0.4) is 0 Å². The Balaban J connectivity index is 0.784. The minimum absolute atomic E-state index is 0.0117. The normalized spacial score (nSPS) is 15.6. The van der Waals surface area contributed by atoms with Crippen molar-refractivity contribution in [2.75, 3.05) is 164 Å². The second-order valence-corrected chi connectivity index (χ2v) is 24.1. The molecule has 0 unspecified atom stereocenters. The summed E-state index contributed by atoms with van der Waals surface area (Å²) in [6.45, 7) is 11.2. The van der Waals surface area contributed by atoms with E-state index in [1.807, 2.05) is 18.7 Å². The largest absolute Gasteiger partial charge is 0.377 e. The number of nitrogens with zero attached hydrogens (tertiary/aromatic N) is 3. The van der Waals surface area contributed by atoms with Crippen LogP contribution in [0, 0.1) is 0 Å². The zero-order valence-corrected chi connectivity index (χ0v) is 52.6. The number of rotatable bonds is 54. The van der Waals surface area contributed by atoms with Crippen molar-refractivity contribution in [1.82, 2.24) is 46.1 Å². The summed E-state index contributed by atoms with van der Waals surface area (Å²) in [5.41, 5.74) is 0. The van der Waals surface area contributed by atoms with E-state index in [0.29, 0.717) is 175 Å². The van der Waals surface area contributed by atoms with Crippen molar-refractivity contribution < 1.29 is 75.1 Å². The van der Waals surface area contributed by atoms with Crippen molar-refractivity contribution >= 4 is 68.1 Å². The van der Waals surface area contributed by atoms with E-state index in [4.69, 9.17) is 37.9 Å². The Bertz CT molecular complexity index is 2340. The average Bonchev–Trinajstić information content (AvgIpc) is 1.07. The molecule has 1 aromatic carbocycles. The maximum atomic E-state index is 13.4. The number of ether oxygens (including phenoxy) is 8. The lowest BCUT2D eigenvalue weighted by Crippen LogP contribution is -2.40. The van der Waals surface area contributed by atoms with Crippen LogP contribution in [0.5, 0.6) is 0 Å². The molecular formula is C59H99N9O16S2. The molecule has 7 amide bonds. The Morgan fingerprint density at radius 1 is 0.570 bits per heavy atom. The molecule has 2 aliphatic heterocycles. The van der Waals surface area contributed by atoms with Crippen molar-refractivity contribution in [2.45, 2.75) is 125 Å². The molecule has 2 aromatic rings. The molecule has 0 radical (unpaired) electrons. The molecule has 27 heteroatoms. The van der Waals surface area contributed by atoms with Gasteiger partial charge in [-0.15, -0.1) is 0 Å². The fourth-order valence-corrected chi connectivity index (χ4v) is 12.2. The first-order valence-corrected chi connectivity index (χ1v) is 33.3. The highest BCUT2D eigenvalue weighted by Crippen LogP contribution is 2.33. The molecule has 2 saturated heterocycles. The van der Waals surface area contributed by atoms with Gasteiger partial charge in [0.15, 0.2) is 0 Å². The number of nitrogens with one attached hydrogen (secondary N) is 6. The molecule has 0 bridgehead atoms. The molecule has 2 fully saturated rings. The number of aromatic nitrogens is 1. The number of urea groups is 1. The van der Waals surface area contributed by atoms with Crippen LogP contribution in [0.1, 0.15) is 103 Å². The SMILES string of the molecule is CCCN(CCN(C)S(=O)(=O)c1cccc2cnccc12)C(=O)CCC(=O)NCCOCCOCCOCCOCCOCCOCCOCCOCCNC(=O)CCCCCNC(=O)CCCCCNC(=O)CCCC[C@@H]1SC[C@@H]2NC(=O)N[C@@H]21. The van der Waals surface area contributed by atoms with Crippen molar-refractivity contribution in [3.05, 3.63) is 36.7 Å². The summed E-state index contributed by atoms with van der Waals surface area (Å²) >= 11 is 1.90. The molecule has 3 atom stereocenters. The summed E-state index contributed by atoms with van der Waals surface area (Å²) in [4.78, 5) is 79.3. The zero-order chi connectivity index (χ0) is 61.7. The van der Waals surface area contributed by atoms with Crippen LogP contribution in [0.2, 0.25) is 0 Å². The molecule has 0 aliphatic carbocycles. The second kappa shape index (κ2) is 46.3. The number of carbonyl (C=O) groups is 6. The number of amides is 7. The van der Waals surface area contributed by atoms with Gasteiger partial charge in [0, 0.05) is 119 Å². The van der Waals surface area contributed by atoms with Gasteiger partial charge in [-0.3, -0.25) is 29.0 Å². The fourth-order valence-electron chi connectivity index (χ4n) is 9.30. The van der Waals surface area contributed by atoms with E-state index in [2.05, 4.69) is 36.9 Å². The van der Waals surface area contributed by atoms with Crippen LogP contribution in [0.15, 0.2) is 41.6 Å². The molecule has 3 heterocycles. The topological polar surface area (TPSA) is 302 Å². The predicted octanol–water partition coefficient (Wildman–Crippen LogP) is 3.32. The molecule has 25 nitrogen and oxygen atoms in total. The molecule has 0 spiro atoms. The Morgan fingerprint density at radius 3 is 1.56 bits per heavy atom. The minimum Gasteiger partial charge on any atom is -0.377 e. The number of thioether (sulfide) groups is 1. The molecule has 1 aromatic heterocycles. The first-order valence-electron chi connectivity index (χ1n) is 30.8. The van der Waals surface area contributed by atoms with Crippen LogP contribution in [-0.2, 0) is 71.9 Å². The van der Waals surface area contributed by atoms with Gasteiger partial charge in [0.2, 0.25) is 39.6 Å². The third-order valence-electron chi connectivity index (χ3n) is 14.1.